The number of pyridine rings is 1. The first kappa shape index (κ1) is 30.8. The van der Waals surface area contributed by atoms with E-state index < -0.39 is 0 Å². The molecule has 0 spiro atoms. The van der Waals surface area contributed by atoms with Crippen LogP contribution >= 0.6 is 0 Å². The molecule has 0 fully saturated rings. The number of rotatable bonds is 15. The number of hydrogen-bond donors (Lipinski definition) is 0. The Morgan fingerprint density at radius 2 is 1.52 bits per heavy atom. The summed E-state index contributed by atoms with van der Waals surface area (Å²) in [5.41, 5.74) is 5.40. The Labute approximate surface area is 239 Å². The van der Waals surface area contributed by atoms with Gasteiger partial charge in [0, 0.05) is 18.0 Å². The molecule has 214 valence electrons. The minimum atomic E-state index is -0.177. The second kappa shape index (κ2) is 15.8. The molecule has 0 bridgehead atoms. The number of aryl methyl sites for hydroxylation is 1. The maximum atomic E-state index is 13.9. The van der Waals surface area contributed by atoms with Gasteiger partial charge in [-0.2, -0.15) is 0 Å². The highest BCUT2D eigenvalue weighted by Crippen LogP contribution is 2.35. The van der Waals surface area contributed by atoms with Gasteiger partial charge in [-0.05, 0) is 83.7 Å². The SMILES string of the molecule is CCCCn1c(=O)c(OC/C=C(\C)CCC=C(C)C)c(OCC=C(C)C)c2ccc(OCc3ccccc3)cc21. The van der Waals surface area contributed by atoms with E-state index in [9.17, 15) is 4.79 Å². The average molecular weight is 544 g/mol. The van der Waals surface area contributed by atoms with Crippen LogP contribution < -0.4 is 19.8 Å². The van der Waals surface area contributed by atoms with E-state index in [1.165, 1.54) is 11.1 Å². The molecule has 5 nitrogen and oxygen atoms in total. The van der Waals surface area contributed by atoms with Crippen molar-refractivity contribution in [2.24, 2.45) is 0 Å². The largest absolute Gasteiger partial charge is 0.489 e. The van der Waals surface area contributed by atoms with Crippen molar-refractivity contribution in [3.05, 3.63) is 99.4 Å². The third-order valence-electron chi connectivity index (χ3n) is 6.60. The Hall–Kier alpha value is -3.73. The number of ether oxygens (including phenoxy) is 3. The molecule has 2 aromatic carbocycles. The maximum absolute atomic E-state index is 13.9. The van der Waals surface area contributed by atoms with E-state index in [0.29, 0.717) is 37.9 Å². The molecular weight excluding hydrogens is 498 g/mol. The lowest BCUT2D eigenvalue weighted by Gasteiger charge is -2.19. The van der Waals surface area contributed by atoms with Gasteiger partial charge in [-0.3, -0.25) is 4.79 Å². The molecule has 0 saturated carbocycles. The molecule has 1 aromatic heterocycles. The van der Waals surface area contributed by atoms with Crippen molar-refractivity contribution in [1.29, 1.82) is 0 Å². The van der Waals surface area contributed by atoms with Crippen molar-refractivity contribution in [3.8, 4) is 17.2 Å². The first-order chi connectivity index (χ1) is 19.3. The van der Waals surface area contributed by atoms with Gasteiger partial charge >= 0.3 is 0 Å². The van der Waals surface area contributed by atoms with Gasteiger partial charge in [0.1, 0.15) is 25.6 Å². The number of hydrogen-bond acceptors (Lipinski definition) is 4. The Balaban J connectivity index is 2.00. The van der Waals surface area contributed by atoms with Crippen molar-refractivity contribution >= 4 is 10.9 Å². The monoisotopic (exact) mass is 543 g/mol. The van der Waals surface area contributed by atoms with Crippen LogP contribution in [0.2, 0.25) is 0 Å². The summed E-state index contributed by atoms with van der Waals surface area (Å²) in [5.74, 6) is 1.45. The Morgan fingerprint density at radius 1 is 0.825 bits per heavy atom. The van der Waals surface area contributed by atoms with E-state index in [1.54, 1.807) is 0 Å². The standard InChI is InChI=1S/C35H45NO4/c1-7-8-21-36-32-24-30(40-25-29-15-10-9-11-16-29)17-18-31(32)33(38-22-19-27(4)5)34(35(36)37)39-23-20-28(6)14-12-13-26(2)3/h9-11,13,15-20,24H,7-8,12,14,21-23,25H2,1-6H3/b28-20+. The van der Waals surface area contributed by atoms with Crippen molar-refractivity contribution in [2.45, 2.75) is 80.4 Å². The summed E-state index contributed by atoms with van der Waals surface area (Å²) >= 11 is 0. The number of benzene rings is 2. The molecule has 0 N–H and O–H groups in total. The molecule has 0 saturated heterocycles. The molecule has 0 aliphatic heterocycles. The summed E-state index contributed by atoms with van der Waals surface area (Å²) in [6, 6.07) is 15.9. The summed E-state index contributed by atoms with van der Waals surface area (Å²) < 4.78 is 20.3. The molecule has 40 heavy (non-hydrogen) atoms. The first-order valence-corrected chi connectivity index (χ1v) is 14.3. The van der Waals surface area contributed by atoms with Crippen LogP contribution in [0.25, 0.3) is 10.9 Å². The van der Waals surface area contributed by atoms with Crippen LogP contribution in [-0.2, 0) is 13.2 Å². The molecule has 0 radical (unpaired) electrons. The normalized spacial score (nSPS) is 11.3. The molecule has 0 aliphatic carbocycles. The van der Waals surface area contributed by atoms with E-state index in [1.807, 2.05) is 73.0 Å². The van der Waals surface area contributed by atoms with Crippen molar-refractivity contribution in [2.75, 3.05) is 13.2 Å². The number of fused-ring (bicyclic) bond motifs is 1. The molecule has 0 atom stereocenters. The minimum absolute atomic E-state index is 0.177. The summed E-state index contributed by atoms with van der Waals surface area (Å²) in [4.78, 5) is 13.9. The quantitative estimate of drug-likeness (QED) is 0.180. The van der Waals surface area contributed by atoms with E-state index in [4.69, 9.17) is 14.2 Å². The summed E-state index contributed by atoms with van der Waals surface area (Å²) in [6.45, 7) is 14.2. The van der Waals surface area contributed by atoms with E-state index >= 15 is 0 Å². The summed E-state index contributed by atoms with van der Waals surface area (Å²) in [6.07, 6.45) is 10.1. The molecule has 1 heterocycles. The number of allylic oxidation sites excluding steroid dienone is 4. The Kier molecular flexibility index (Phi) is 12.1. The third kappa shape index (κ3) is 9.18. The van der Waals surface area contributed by atoms with Crippen LogP contribution in [-0.4, -0.2) is 17.8 Å². The predicted molar refractivity (Wildman–Crippen MR) is 167 cm³/mol. The first-order valence-electron chi connectivity index (χ1n) is 14.3. The van der Waals surface area contributed by atoms with Gasteiger partial charge in [0.25, 0.3) is 5.56 Å². The minimum Gasteiger partial charge on any atom is -0.489 e. The van der Waals surface area contributed by atoms with Gasteiger partial charge in [-0.1, -0.05) is 66.5 Å². The summed E-state index contributed by atoms with van der Waals surface area (Å²) in [5, 5.41) is 0.837. The molecular formula is C35H45NO4. The maximum Gasteiger partial charge on any atom is 0.297 e. The van der Waals surface area contributed by atoms with Gasteiger partial charge in [0.15, 0.2) is 5.75 Å². The van der Waals surface area contributed by atoms with Crippen molar-refractivity contribution in [1.82, 2.24) is 4.57 Å². The summed E-state index contributed by atoms with van der Waals surface area (Å²) in [7, 11) is 0. The highest BCUT2D eigenvalue weighted by atomic mass is 16.5. The molecule has 5 heteroatoms. The van der Waals surface area contributed by atoms with Crippen LogP contribution in [0, 0.1) is 0 Å². The molecule has 0 unspecified atom stereocenters. The Bertz CT molecular complexity index is 1390. The lowest BCUT2D eigenvalue weighted by molar-refractivity contribution is 0.302. The average Bonchev–Trinajstić information content (AvgIpc) is 2.93. The fourth-order valence-electron chi connectivity index (χ4n) is 4.27. The fraction of sp³-hybridized carbons (Fsp3) is 0.400. The van der Waals surface area contributed by atoms with Gasteiger partial charge < -0.3 is 18.8 Å². The number of aromatic nitrogens is 1. The lowest BCUT2D eigenvalue weighted by atomic mass is 10.1. The van der Waals surface area contributed by atoms with Gasteiger partial charge in [-0.25, -0.2) is 0 Å². The number of unbranched alkanes of at least 4 members (excludes halogenated alkanes) is 1. The lowest BCUT2D eigenvalue weighted by Crippen LogP contribution is -2.24. The van der Waals surface area contributed by atoms with Crippen molar-refractivity contribution < 1.29 is 14.2 Å². The molecule has 0 amide bonds. The van der Waals surface area contributed by atoms with E-state index in [0.717, 1.165) is 47.7 Å². The van der Waals surface area contributed by atoms with Crippen LogP contribution in [0.4, 0.5) is 0 Å². The molecule has 3 aromatic rings. The Morgan fingerprint density at radius 3 is 2.23 bits per heavy atom. The molecule has 3 rings (SSSR count). The zero-order valence-corrected chi connectivity index (χ0v) is 25.1. The topological polar surface area (TPSA) is 49.7 Å². The predicted octanol–water partition coefficient (Wildman–Crippen LogP) is 8.80. The molecule has 0 aliphatic rings. The highest BCUT2D eigenvalue weighted by Gasteiger charge is 2.20. The zero-order chi connectivity index (χ0) is 28.9. The highest BCUT2D eigenvalue weighted by molar-refractivity contribution is 5.89. The third-order valence-corrected chi connectivity index (χ3v) is 6.60. The van der Waals surface area contributed by atoms with Crippen LogP contribution in [0.5, 0.6) is 17.2 Å². The van der Waals surface area contributed by atoms with E-state index in [2.05, 4.69) is 39.8 Å². The van der Waals surface area contributed by atoms with Gasteiger partial charge in [0.05, 0.1) is 5.52 Å². The van der Waals surface area contributed by atoms with Gasteiger partial charge in [0.2, 0.25) is 5.75 Å². The van der Waals surface area contributed by atoms with Crippen molar-refractivity contribution in [3.63, 3.8) is 0 Å². The van der Waals surface area contributed by atoms with E-state index in [-0.39, 0.29) is 11.3 Å². The second-order valence-corrected chi connectivity index (χ2v) is 10.7. The number of nitrogens with zero attached hydrogens (tertiary/aromatic N) is 1. The smallest absolute Gasteiger partial charge is 0.297 e. The zero-order valence-electron chi connectivity index (χ0n) is 25.1. The van der Waals surface area contributed by atoms with Crippen LogP contribution in [0.3, 0.4) is 0 Å². The van der Waals surface area contributed by atoms with Gasteiger partial charge in [-0.15, -0.1) is 0 Å². The van der Waals surface area contributed by atoms with Crippen LogP contribution in [0.1, 0.15) is 72.8 Å². The fourth-order valence-corrected chi connectivity index (χ4v) is 4.27. The second-order valence-electron chi connectivity index (χ2n) is 10.7. The van der Waals surface area contributed by atoms with Crippen LogP contribution in [0.15, 0.2) is 88.3 Å².